The summed E-state index contributed by atoms with van der Waals surface area (Å²) in [5.74, 6) is -0.190. The number of likely N-dealkylation sites (N-methyl/N-ethyl adjacent to an activating group) is 1. The van der Waals surface area contributed by atoms with Crippen LogP contribution >= 0.6 is 0 Å². The average molecular weight is 323 g/mol. The molecule has 1 aliphatic heterocycles. The monoisotopic (exact) mass is 323 g/mol. The Balaban J connectivity index is 1.95. The second-order valence-corrected chi connectivity index (χ2v) is 5.87. The maximum Gasteiger partial charge on any atom is 0.252 e. The SMILES string of the molecule is CCc1nocc1CN(C)C(=O)CN1CCCCC(OC)C1=O. The van der Waals surface area contributed by atoms with Crippen LogP contribution in [0.25, 0.3) is 0 Å². The van der Waals surface area contributed by atoms with Crippen LogP contribution in [0.4, 0.5) is 0 Å². The fourth-order valence-electron chi connectivity index (χ4n) is 2.77. The van der Waals surface area contributed by atoms with Gasteiger partial charge in [-0.3, -0.25) is 9.59 Å². The summed E-state index contributed by atoms with van der Waals surface area (Å²) in [6.45, 7) is 3.11. The summed E-state index contributed by atoms with van der Waals surface area (Å²) in [6, 6.07) is 0. The fraction of sp³-hybridized carbons (Fsp3) is 0.688. The van der Waals surface area contributed by atoms with Crippen molar-refractivity contribution >= 4 is 11.8 Å². The molecule has 1 unspecified atom stereocenters. The van der Waals surface area contributed by atoms with Gasteiger partial charge in [-0.2, -0.15) is 0 Å². The van der Waals surface area contributed by atoms with E-state index in [0.717, 1.165) is 36.9 Å². The van der Waals surface area contributed by atoms with Crippen LogP contribution in [-0.4, -0.2) is 60.1 Å². The zero-order valence-corrected chi connectivity index (χ0v) is 14.1. The van der Waals surface area contributed by atoms with Gasteiger partial charge < -0.3 is 19.1 Å². The number of aromatic nitrogens is 1. The quantitative estimate of drug-likeness (QED) is 0.787. The van der Waals surface area contributed by atoms with Gasteiger partial charge in [0.05, 0.1) is 18.8 Å². The predicted molar refractivity (Wildman–Crippen MR) is 83.6 cm³/mol. The molecular weight excluding hydrogens is 298 g/mol. The Kier molecular flexibility index (Phi) is 6.15. The Hall–Kier alpha value is -1.89. The average Bonchev–Trinajstić information content (AvgIpc) is 2.92. The number of rotatable bonds is 6. The number of methoxy groups -OCH3 is 1. The lowest BCUT2D eigenvalue weighted by atomic mass is 10.2. The Bertz CT molecular complexity index is 543. The highest BCUT2D eigenvalue weighted by atomic mass is 16.5. The summed E-state index contributed by atoms with van der Waals surface area (Å²) in [7, 11) is 3.27. The van der Waals surface area contributed by atoms with Crippen LogP contribution in [0.5, 0.6) is 0 Å². The molecule has 0 aliphatic carbocycles. The number of amides is 2. The molecule has 1 fully saturated rings. The first-order chi connectivity index (χ1) is 11.1. The molecule has 1 aromatic rings. The van der Waals surface area contributed by atoms with Crippen LogP contribution in [0.15, 0.2) is 10.8 Å². The smallest absolute Gasteiger partial charge is 0.252 e. The van der Waals surface area contributed by atoms with Gasteiger partial charge in [0, 0.05) is 26.3 Å². The molecule has 1 aromatic heterocycles. The number of hydrogen-bond acceptors (Lipinski definition) is 5. The lowest BCUT2D eigenvalue weighted by molar-refractivity contribution is -0.146. The number of carbonyl (C=O) groups is 2. The van der Waals surface area contributed by atoms with Gasteiger partial charge >= 0.3 is 0 Å². The van der Waals surface area contributed by atoms with E-state index in [4.69, 9.17) is 9.26 Å². The van der Waals surface area contributed by atoms with Crippen molar-refractivity contribution < 1.29 is 18.8 Å². The van der Waals surface area contributed by atoms with Gasteiger partial charge in [-0.1, -0.05) is 12.1 Å². The largest absolute Gasteiger partial charge is 0.372 e. The molecule has 2 rings (SSSR count). The van der Waals surface area contributed by atoms with E-state index in [1.807, 2.05) is 6.92 Å². The normalized spacial score (nSPS) is 18.8. The van der Waals surface area contributed by atoms with E-state index in [1.54, 1.807) is 23.1 Å². The minimum Gasteiger partial charge on any atom is -0.372 e. The second kappa shape index (κ2) is 8.10. The van der Waals surface area contributed by atoms with Crippen LogP contribution in [0.3, 0.4) is 0 Å². The first-order valence-electron chi connectivity index (χ1n) is 8.04. The van der Waals surface area contributed by atoms with Crippen molar-refractivity contribution in [1.29, 1.82) is 0 Å². The van der Waals surface area contributed by atoms with E-state index in [2.05, 4.69) is 5.16 Å². The summed E-state index contributed by atoms with van der Waals surface area (Å²) in [6.07, 6.45) is 4.45. The Morgan fingerprint density at radius 3 is 3.00 bits per heavy atom. The molecule has 0 saturated carbocycles. The summed E-state index contributed by atoms with van der Waals surface area (Å²) < 4.78 is 10.2. The zero-order chi connectivity index (χ0) is 16.8. The van der Waals surface area contributed by atoms with Gasteiger partial charge in [0.2, 0.25) is 5.91 Å². The van der Waals surface area contributed by atoms with Crippen LogP contribution < -0.4 is 0 Å². The fourth-order valence-corrected chi connectivity index (χ4v) is 2.77. The van der Waals surface area contributed by atoms with E-state index in [1.165, 1.54) is 7.11 Å². The summed E-state index contributed by atoms with van der Waals surface area (Å²) in [4.78, 5) is 28.0. The molecule has 23 heavy (non-hydrogen) atoms. The topological polar surface area (TPSA) is 75.9 Å². The molecule has 1 atom stereocenters. The molecule has 0 spiro atoms. The van der Waals surface area contributed by atoms with Crippen LogP contribution in [-0.2, 0) is 27.3 Å². The molecule has 1 aliphatic rings. The van der Waals surface area contributed by atoms with Crippen molar-refractivity contribution in [2.45, 2.75) is 45.3 Å². The van der Waals surface area contributed by atoms with Crippen molar-refractivity contribution in [3.63, 3.8) is 0 Å². The molecule has 7 nitrogen and oxygen atoms in total. The number of ether oxygens (including phenoxy) is 1. The van der Waals surface area contributed by atoms with Gasteiger partial charge in [-0.25, -0.2) is 0 Å². The maximum atomic E-state index is 12.4. The van der Waals surface area contributed by atoms with E-state index in [-0.39, 0.29) is 18.4 Å². The molecule has 2 amide bonds. The van der Waals surface area contributed by atoms with Gasteiger partial charge in [0.1, 0.15) is 12.4 Å². The molecule has 0 N–H and O–H groups in total. The first kappa shape index (κ1) is 17.5. The number of hydrogen-bond donors (Lipinski definition) is 0. The van der Waals surface area contributed by atoms with E-state index in [9.17, 15) is 9.59 Å². The summed E-state index contributed by atoms with van der Waals surface area (Å²) in [5.41, 5.74) is 1.76. The molecule has 128 valence electrons. The number of nitrogens with zero attached hydrogens (tertiary/aromatic N) is 3. The number of likely N-dealkylation sites (tertiary alicyclic amines) is 1. The van der Waals surface area contributed by atoms with E-state index in [0.29, 0.717) is 13.1 Å². The van der Waals surface area contributed by atoms with Gasteiger partial charge in [0.15, 0.2) is 0 Å². The Labute approximate surface area is 136 Å². The van der Waals surface area contributed by atoms with Crippen molar-refractivity contribution in [3.8, 4) is 0 Å². The maximum absolute atomic E-state index is 12.4. The predicted octanol–water partition coefficient (Wildman–Crippen LogP) is 1.22. The van der Waals surface area contributed by atoms with Crippen molar-refractivity contribution in [2.24, 2.45) is 0 Å². The number of carbonyl (C=O) groups excluding carboxylic acids is 2. The molecule has 2 heterocycles. The highest BCUT2D eigenvalue weighted by Crippen LogP contribution is 2.15. The Morgan fingerprint density at radius 1 is 1.52 bits per heavy atom. The zero-order valence-electron chi connectivity index (χ0n) is 14.1. The lowest BCUT2D eigenvalue weighted by Crippen LogP contribution is -2.45. The first-order valence-corrected chi connectivity index (χ1v) is 8.04. The van der Waals surface area contributed by atoms with Gasteiger partial charge in [0.25, 0.3) is 5.91 Å². The standard InChI is InChI=1S/C16H25N3O4/c1-4-13-12(11-23-17-13)9-18(2)15(20)10-19-8-6-5-7-14(22-3)16(19)21/h11,14H,4-10H2,1-3H3. The van der Waals surface area contributed by atoms with Crippen LogP contribution in [0.1, 0.15) is 37.4 Å². The molecule has 0 radical (unpaired) electrons. The van der Waals surface area contributed by atoms with Crippen LogP contribution in [0, 0.1) is 0 Å². The summed E-state index contributed by atoms with van der Waals surface area (Å²) in [5, 5.41) is 3.91. The van der Waals surface area contributed by atoms with E-state index >= 15 is 0 Å². The van der Waals surface area contributed by atoms with Crippen molar-refractivity contribution in [2.75, 3.05) is 27.2 Å². The van der Waals surface area contributed by atoms with Gasteiger partial charge in [-0.05, 0) is 25.7 Å². The number of aryl methyl sites for hydroxylation is 1. The minimum absolute atomic E-state index is 0.0852. The van der Waals surface area contributed by atoms with Crippen LogP contribution in [0.2, 0.25) is 0 Å². The highest BCUT2D eigenvalue weighted by molar-refractivity contribution is 5.87. The third-order valence-corrected chi connectivity index (χ3v) is 4.24. The van der Waals surface area contributed by atoms with E-state index < -0.39 is 6.10 Å². The van der Waals surface area contributed by atoms with Crippen molar-refractivity contribution in [1.82, 2.24) is 15.0 Å². The molecule has 0 aromatic carbocycles. The van der Waals surface area contributed by atoms with Gasteiger partial charge in [-0.15, -0.1) is 0 Å². The Morgan fingerprint density at radius 2 is 2.30 bits per heavy atom. The summed E-state index contributed by atoms with van der Waals surface area (Å²) >= 11 is 0. The molecular formula is C16H25N3O4. The molecule has 7 heteroatoms. The minimum atomic E-state index is -0.430. The lowest BCUT2D eigenvalue weighted by Gasteiger charge is -2.25. The van der Waals surface area contributed by atoms with Crippen molar-refractivity contribution in [3.05, 3.63) is 17.5 Å². The third kappa shape index (κ3) is 4.31. The molecule has 1 saturated heterocycles. The highest BCUT2D eigenvalue weighted by Gasteiger charge is 2.28. The third-order valence-electron chi connectivity index (χ3n) is 4.24. The second-order valence-electron chi connectivity index (χ2n) is 5.87. The molecule has 0 bridgehead atoms.